The van der Waals surface area contributed by atoms with E-state index >= 15 is 0 Å². The van der Waals surface area contributed by atoms with Gasteiger partial charge in [0.2, 0.25) is 0 Å². The van der Waals surface area contributed by atoms with E-state index in [1.165, 1.54) is 0 Å². The van der Waals surface area contributed by atoms with E-state index in [1.54, 1.807) is 14.2 Å². The largest absolute Gasteiger partial charge is 0.353 e. The smallest absolute Gasteiger partial charge is 0.165 e. The monoisotopic (exact) mass is 230 g/mol. The molecule has 0 aromatic rings. The van der Waals surface area contributed by atoms with Gasteiger partial charge in [-0.05, 0) is 26.7 Å². The lowest BCUT2D eigenvalue weighted by Crippen LogP contribution is -2.54. The van der Waals surface area contributed by atoms with Crippen molar-refractivity contribution >= 4 is 0 Å². The Bertz CT molecular complexity index is 231. The van der Waals surface area contributed by atoms with E-state index in [2.05, 4.69) is 0 Å². The van der Waals surface area contributed by atoms with Crippen LogP contribution < -0.4 is 0 Å². The second-order valence-electron chi connectivity index (χ2n) is 5.07. The van der Waals surface area contributed by atoms with Gasteiger partial charge < -0.3 is 18.9 Å². The van der Waals surface area contributed by atoms with Crippen molar-refractivity contribution in [2.24, 2.45) is 0 Å². The molecular weight excluding hydrogens is 208 g/mol. The molecule has 0 spiro atoms. The zero-order chi connectivity index (χ0) is 11.8. The van der Waals surface area contributed by atoms with E-state index in [0.29, 0.717) is 0 Å². The average molecular weight is 230 g/mol. The van der Waals surface area contributed by atoms with Gasteiger partial charge in [-0.1, -0.05) is 0 Å². The first-order chi connectivity index (χ1) is 7.50. The van der Waals surface area contributed by atoms with Crippen molar-refractivity contribution < 1.29 is 18.9 Å². The van der Waals surface area contributed by atoms with E-state index in [-0.39, 0.29) is 12.2 Å². The molecule has 2 rings (SSSR count). The summed E-state index contributed by atoms with van der Waals surface area (Å²) in [4.78, 5) is 0. The second kappa shape index (κ2) is 4.26. The Morgan fingerprint density at radius 2 is 1.25 bits per heavy atom. The lowest BCUT2D eigenvalue weighted by Gasteiger charge is -2.48. The average Bonchev–Trinajstić information content (AvgIpc) is 2.30. The quantitative estimate of drug-likeness (QED) is 0.727. The van der Waals surface area contributed by atoms with E-state index in [0.717, 1.165) is 25.7 Å². The van der Waals surface area contributed by atoms with Gasteiger partial charge in [-0.15, -0.1) is 0 Å². The molecule has 2 saturated heterocycles. The molecule has 0 amide bonds. The molecule has 4 nitrogen and oxygen atoms in total. The Balaban J connectivity index is 2.00. The number of methoxy groups -OCH3 is 2. The fourth-order valence-electron chi connectivity index (χ4n) is 2.51. The molecule has 0 N–H and O–H groups in total. The van der Waals surface area contributed by atoms with Gasteiger partial charge in [-0.3, -0.25) is 0 Å². The van der Waals surface area contributed by atoms with Crippen LogP contribution in [0.5, 0.6) is 0 Å². The van der Waals surface area contributed by atoms with Gasteiger partial charge in [0.1, 0.15) is 0 Å². The first kappa shape index (κ1) is 12.3. The summed E-state index contributed by atoms with van der Waals surface area (Å²) in [6.07, 6.45) is 3.94. The maximum atomic E-state index is 5.96. The molecule has 2 fully saturated rings. The van der Waals surface area contributed by atoms with E-state index < -0.39 is 11.6 Å². The van der Waals surface area contributed by atoms with Crippen LogP contribution in [0.2, 0.25) is 0 Å². The van der Waals surface area contributed by atoms with Crippen molar-refractivity contribution in [3.8, 4) is 0 Å². The summed E-state index contributed by atoms with van der Waals surface area (Å²) in [7, 11) is 3.40. The molecule has 2 aliphatic heterocycles. The molecule has 0 radical (unpaired) electrons. The summed E-state index contributed by atoms with van der Waals surface area (Å²) in [5, 5.41) is 0. The van der Waals surface area contributed by atoms with Crippen LogP contribution in [0.15, 0.2) is 0 Å². The minimum absolute atomic E-state index is 0.141. The number of hydrogen-bond donors (Lipinski definition) is 0. The molecule has 94 valence electrons. The van der Waals surface area contributed by atoms with Crippen molar-refractivity contribution in [1.29, 1.82) is 0 Å². The Morgan fingerprint density at radius 1 is 0.875 bits per heavy atom. The molecule has 2 heterocycles. The van der Waals surface area contributed by atoms with Crippen LogP contribution in [0.25, 0.3) is 0 Å². The highest BCUT2D eigenvalue weighted by molar-refractivity contribution is 4.88. The van der Waals surface area contributed by atoms with Gasteiger partial charge in [-0.25, -0.2) is 0 Å². The van der Waals surface area contributed by atoms with Crippen molar-refractivity contribution in [1.82, 2.24) is 0 Å². The number of ether oxygens (including phenoxy) is 4. The first-order valence-electron chi connectivity index (χ1n) is 5.96. The zero-order valence-corrected chi connectivity index (χ0v) is 10.6. The van der Waals surface area contributed by atoms with Crippen LogP contribution in [0.1, 0.15) is 39.5 Å². The van der Waals surface area contributed by atoms with Crippen LogP contribution in [0, 0.1) is 0 Å². The first-order valence-corrected chi connectivity index (χ1v) is 5.96. The molecule has 4 heteroatoms. The van der Waals surface area contributed by atoms with Crippen LogP contribution in [0.3, 0.4) is 0 Å². The fourth-order valence-corrected chi connectivity index (χ4v) is 2.51. The minimum Gasteiger partial charge on any atom is -0.353 e. The van der Waals surface area contributed by atoms with Gasteiger partial charge >= 0.3 is 0 Å². The molecular formula is C12H22O4. The highest BCUT2D eigenvalue weighted by Gasteiger charge is 2.46. The molecule has 16 heavy (non-hydrogen) atoms. The van der Waals surface area contributed by atoms with Gasteiger partial charge in [0.25, 0.3) is 0 Å². The molecule has 0 aromatic carbocycles. The topological polar surface area (TPSA) is 36.9 Å². The normalized spacial score (nSPS) is 48.8. The number of rotatable bonds is 2. The molecule has 0 unspecified atom stereocenters. The van der Waals surface area contributed by atoms with Crippen LogP contribution in [0.4, 0.5) is 0 Å². The van der Waals surface area contributed by atoms with Crippen molar-refractivity contribution in [3.05, 3.63) is 0 Å². The van der Waals surface area contributed by atoms with Crippen molar-refractivity contribution in [2.75, 3.05) is 14.2 Å². The van der Waals surface area contributed by atoms with Gasteiger partial charge in [0, 0.05) is 27.1 Å². The summed E-state index contributed by atoms with van der Waals surface area (Å²) in [5.74, 6) is -0.878. The summed E-state index contributed by atoms with van der Waals surface area (Å²) in [6, 6.07) is 0. The van der Waals surface area contributed by atoms with Crippen LogP contribution in [-0.4, -0.2) is 38.0 Å². The molecule has 4 atom stereocenters. The highest BCUT2D eigenvalue weighted by Crippen LogP contribution is 2.39. The highest BCUT2D eigenvalue weighted by atomic mass is 16.7. The van der Waals surface area contributed by atoms with Crippen molar-refractivity contribution in [3.63, 3.8) is 0 Å². The van der Waals surface area contributed by atoms with E-state index in [9.17, 15) is 0 Å². The standard InChI is InChI=1S/C12H22O4/c1-11(13-3)7-5-10-9(15-11)6-8-12(2,14-4)16-10/h9-10H,5-8H2,1-4H3/t9-,10-,11+,12+/m1/s1. The number of hydrogen-bond acceptors (Lipinski definition) is 4. The molecule has 0 aliphatic carbocycles. The summed E-state index contributed by atoms with van der Waals surface area (Å²) in [6.45, 7) is 3.99. The summed E-state index contributed by atoms with van der Waals surface area (Å²) >= 11 is 0. The minimum atomic E-state index is -0.439. The Morgan fingerprint density at radius 3 is 1.56 bits per heavy atom. The maximum Gasteiger partial charge on any atom is 0.165 e. The number of fused-ring (bicyclic) bond motifs is 1. The lowest BCUT2D eigenvalue weighted by molar-refractivity contribution is -0.344. The Labute approximate surface area is 97.2 Å². The van der Waals surface area contributed by atoms with Crippen LogP contribution >= 0.6 is 0 Å². The maximum absolute atomic E-state index is 5.96. The predicted molar refractivity (Wildman–Crippen MR) is 59.0 cm³/mol. The molecule has 0 aromatic heterocycles. The van der Waals surface area contributed by atoms with Gasteiger partial charge in [0.05, 0.1) is 12.2 Å². The zero-order valence-electron chi connectivity index (χ0n) is 10.6. The molecule has 0 saturated carbocycles. The van der Waals surface area contributed by atoms with Gasteiger partial charge in [-0.2, -0.15) is 0 Å². The predicted octanol–water partition coefficient (Wildman–Crippen LogP) is 2.07. The second-order valence-corrected chi connectivity index (χ2v) is 5.07. The third kappa shape index (κ3) is 2.25. The lowest BCUT2D eigenvalue weighted by atomic mass is 9.91. The fraction of sp³-hybridized carbons (Fsp3) is 1.00. The Hall–Kier alpha value is -0.160. The SMILES string of the molecule is CO[C@]1(C)CC[C@H]2O[C@](C)(OC)CC[C@H]2O1. The van der Waals surface area contributed by atoms with E-state index in [1.807, 2.05) is 13.8 Å². The molecule has 0 bridgehead atoms. The third-order valence-electron chi connectivity index (χ3n) is 3.85. The van der Waals surface area contributed by atoms with Gasteiger partial charge in [0.15, 0.2) is 11.6 Å². The third-order valence-corrected chi connectivity index (χ3v) is 3.85. The van der Waals surface area contributed by atoms with Crippen molar-refractivity contribution in [2.45, 2.75) is 63.3 Å². The van der Waals surface area contributed by atoms with E-state index in [4.69, 9.17) is 18.9 Å². The Kier molecular flexibility index (Phi) is 3.27. The summed E-state index contributed by atoms with van der Waals surface area (Å²) in [5.41, 5.74) is 0. The molecule has 2 aliphatic rings. The summed E-state index contributed by atoms with van der Waals surface area (Å²) < 4.78 is 22.7. The van der Waals surface area contributed by atoms with Crippen LogP contribution in [-0.2, 0) is 18.9 Å².